The van der Waals surface area contributed by atoms with E-state index in [9.17, 15) is 4.79 Å². The first-order valence-corrected chi connectivity index (χ1v) is 6.98. The van der Waals surface area contributed by atoms with E-state index in [1.54, 1.807) is 7.11 Å². The summed E-state index contributed by atoms with van der Waals surface area (Å²) in [5.74, 6) is 0.746. The first kappa shape index (κ1) is 14.9. The molecule has 110 valence electrons. The molecule has 4 heteroatoms. The quantitative estimate of drug-likeness (QED) is 0.862. The van der Waals surface area contributed by atoms with Gasteiger partial charge in [-0.15, -0.1) is 0 Å². The number of methoxy groups -OCH3 is 1. The molecule has 0 aliphatic carbocycles. The minimum Gasteiger partial charge on any atom is -0.497 e. The van der Waals surface area contributed by atoms with Crippen LogP contribution in [0.2, 0.25) is 0 Å². The van der Waals surface area contributed by atoms with Crippen LogP contribution < -0.4 is 10.1 Å². The Bertz CT molecular complexity index is 462. The van der Waals surface area contributed by atoms with E-state index in [0.29, 0.717) is 6.54 Å². The number of hydrogen-bond donors (Lipinski definition) is 1. The van der Waals surface area contributed by atoms with Gasteiger partial charge in [0.2, 0.25) is 0 Å². The van der Waals surface area contributed by atoms with E-state index in [-0.39, 0.29) is 17.8 Å². The minimum atomic E-state index is -0.440. The summed E-state index contributed by atoms with van der Waals surface area (Å²) in [6.45, 7) is 7.17. The lowest BCUT2D eigenvalue weighted by Gasteiger charge is -2.24. The predicted octanol–water partition coefficient (Wildman–Crippen LogP) is 2.34. The number of carbonyl (C=O) groups excluding carboxylic acids is 1. The standard InChI is InChI=1S/C16H23NO3/c1-16(2,3)20-15(18)14-10-17-9-13(14)11-5-7-12(19-4)8-6-11/h5-8,13-14,17H,9-10H2,1-4H3. The molecule has 1 N–H and O–H groups in total. The highest BCUT2D eigenvalue weighted by Crippen LogP contribution is 2.31. The fourth-order valence-corrected chi connectivity index (χ4v) is 2.51. The maximum atomic E-state index is 12.3. The van der Waals surface area contributed by atoms with Crippen LogP contribution >= 0.6 is 0 Å². The molecule has 0 spiro atoms. The molecule has 2 unspecified atom stereocenters. The molecule has 0 amide bonds. The summed E-state index contributed by atoms with van der Waals surface area (Å²) in [6.07, 6.45) is 0. The van der Waals surface area contributed by atoms with E-state index in [0.717, 1.165) is 17.9 Å². The molecule has 20 heavy (non-hydrogen) atoms. The first-order valence-electron chi connectivity index (χ1n) is 6.98. The number of rotatable bonds is 3. The third-order valence-electron chi connectivity index (χ3n) is 3.47. The Hall–Kier alpha value is -1.55. The fourth-order valence-electron chi connectivity index (χ4n) is 2.51. The Kier molecular flexibility index (Phi) is 4.33. The molecule has 0 saturated carbocycles. The van der Waals surface area contributed by atoms with E-state index in [1.807, 2.05) is 45.0 Å². The molecular weight excluding hydrogens is 254 g/mol. The molecule has 2 atom stereocenters. The third-order valence-corrected chi connectivity index (χ3v) is 3.47. The van der Waals surface area contributed by atoms with Gasteiger partial charge in [0.05, 0.1) is 13.0 Å². The molecule has 1 aromatic carbocycles. The van der Waals surface area contributed by atoms with E-state index in [1.165, 1.54) is 0 Å². The van der Waals surface area contributed by atoms with Crippen LogP contribution in [0.25, 0.3) is 0 Å². The van der Waals surface area contributed by atoms with Crippen molar-refractivity contribution in [1.29, 1.82) is 0 Å². The van der Waals surface area contributed by atoms with Crippen LogP contribution in [0.4, 0.5) is 0 Å². The molecule has 0 bridgehead atoms. The van der Waals surface area contributed by atoms with Gasteiger partial charge in [-0.25, -0.2) is 0 Å². The lowest BCUT2D eigenvalue weighted by Crippen LogP contribution is -2.31. The van der Waals surface area contributed by atoms with Crippen LogP contribution in [-0.2, 0) is 9.53 Å². The summed E-state index contributed by atoms with van der Waals surface area (Å²) >= 11 is 0. The van der Waals surface area contributed by atoms with Gasteiger partial charge < -0.3 is 14.8 Å². The zero-order valence-corrected chi connectivity index (χ0v) is 12.6. The molecule has 1 aliphatic heterocycles. The second-order valence-corrected chi connectivity index (χ2v) is 6.18. The molecule has 0 radical (unpaired) electrons. The van der Waals surface area contributed by atoms with Gasteiger partial charge in [0.25, 0.3) is 0 Å². The Morgan fingerprint density at radius 3 is 2.40 bits per heavy atom. The lowest BCUT2D eigenvalue weighted by atomic mass is 9.89. The van der Waals surface area contributed by atoms with Crippen molar-refractivity contribution in [2.75, 3.05) is 20.2 Å². The number of hydrogen-bond acceptors (Lipinski definition) is 4. The van der Waals surface area contributed by atoms with Crippen LogP contribution in [-0.4, -0.2) is 31.8 Å². The van der Waals surface area contributed by atoms with Crippen LogP contribution in [0.1, 0.15) is 32.3 Å². The zero-order chi connectivity index (χ0) is 14.8. The molecule has 1 aromatic rings. The minimum absolute atomic E-state index is 0.122. The van der Waals surface area contributed by atoms with Gasteiger partial charge in [-0.1, -0.05) is 12.1 Å². The largest absolute Gasteiger partial charge is 0.497 e. The van der Waals surface area contributed by atoms with Crippen LogP contribution in [0, 0.1) is 5.92 Å². The highest BCUT2D eigenvalue weighted by molar-refractivity contribution is 5.75. The Morgan fingerprint density at radius 2 is 1.85 bits per heavy atom. The monoisotopic (exact) mass is 277 g/mol. The Balaban J connectivity index is 2.12. The van der Waals surface area contributed by atoms with E-state index < -0.39 is 5.60 Å². The number of carbonyl (C=O) groups is 1. The average Bonchev–Trinajstić information content (AvgIpc) is 2.86. The van der Waals surface area contributed by atoms with Crippen molar-refractivity contribution in [2.45, 2.75) is 32.3 Å². The normalized spacial score (nSPS) is 22.6. The van der Waals surface area contributed by atoms with Gasteiger partial charge in [0, 0.05) is 19.0 Å². The topological polar surface area (TPSA) is 47.6 Å². The predicted molar refractivity (Wildman–Crippen MR) is 77.9 cm³/mol. The number of nitrogens with one attached hydrogen (secondary N) is 1. The van der Waals surface area contributed by atoms with E-state index in [2.05, 4.69) is 5.32 Å². The third kappa shape index (κ3) is 3.51. The van der Waals surface area contributed by atoms with Crippen LogP contribution in [0.5, 0.6) is 5.75 Å². The number of ether oxygens (including phenoxy) is 2. The van der Waals surface area contributed by atoms with Gasteiger partial charge in [-0.3, -0.25) is 4.79 Å². The molecule has 1 fully saturated rings. The summed E-state index contributed by atoms with van der Waals surface area (Å²) in [5.41, 5.74) is 0.705. The van der Waals surface area contributed by atoms with Gasteiger partial charge in [0.15, 0.2) is 0 Å². The summed E-state index contributed by atoms with van der Waals surface area (Å²) in [7, 11) is 1.65. The Morgan fingerprint density at radius 1 is 1.20 bits per heavy atom. The summed E-state index contributed by atoms with van der Waals surface area (Å²) in [5, 5.41) is 3.28. The maximum absolute atomic E-state index is 12.3. The van der Waals surface area contributed by atoms with Crippen molar-refractivity contribution in [2.24, 2.45) is 5.92 Å². The Labute approximate surface area is 120 Å². The van der Waals surface area contributed by atoms with E-state index in [4.69, 9.17) is 9.47 Å². The lowest BCUT2D eigenvalue weighted by molar-refractivity contribution is -0.159. The zero-order valence-electron chi connectivity index (χ0n) is 12.6. The van der Waals surface area contributed by atoms with E-state index >= 15 is 0 Å². The van der Waals surface area contributed by atoms with Crippen LogP contribution in [0.3, 0.4) is 0 Å². The average molecular weight is 277 g/mol. The van der Waals surface area contributed by atoms with Crippen molar-refractivity contribution in [1.82, 2.24) is 5.32 Å². The van der Waals surface area contributed by atoms with Crippen molar-refractivity contribution in [3.8, 4) is 5.75 Å². The van der Waals surface area contributed by atoms with Crippen molar-refractivity contribution in [3.05, 3.63) is 29.8 Å². The highest BCUT2D eigenvalue weighted by atomic mass is 16.6. The summed E-state index contributed by atoms with van der Waals surface area (Å²) in [4.78, 5) is 12.3. The van der Waals surface area contributed by atoms with Crippen molar-refractivity contribution >= 4 is 5.97 Å². The van der Waals surface area contributed by atoms with Crippen molar-refractivity contribution < 1.29 is 14.3 Å². The smallest absolute Gasteiger partial charge is 0.311 e. The van der Waals surface area contributed by atoms with Gasteiger partial charge in [0.1, 0.15) is 11.4 Å². The summed E-state index contributed by atoms with van der Waals surface area (Å²) < 4.78 is 10.7. The maximum Gasteiger partial charge on any atom is 0.311 e. The molecule has 0 aromatic heterocycles. The molecule has 2 rings (SSSR count). The molecule has 1 heterocycles. The molecular formula is C16H23NO3. The molecule has 4 nitrogen and oxygen atoms in total. The molecule has 1 aliphatic rings. The number of esters is 1. The van der Waals surface area contributed by atoms with Crippen molar-refractivity contribution in [3.63, 3.8) is 0 Å². The molecule has 1 saturated heterocycles. The van der Waals surface area contributed by atoms with Gasteiger partial charge in [-0.2, -0.15) is 0 Å². The van der Waals surface area contributed by atoms with Crippen LogP contribution in [0.15, 0.2) is 24.3 Å². The first-order chi connectivity index (χ1) is 9.40. The fraction of sp³-hybridized carbons (Fsp3) is 0.562. The van der Waals surface area contributed by atoms with Gasteiger partial charge in [-0.05, 0) is 38.5 Å². The SMILES string of the molecule is COc1ccc(C2CNCC2C(=O)OC(C)(C)C)cc1. The highest BCUT2D eigenvalue weighted by Gasteiger charge is 2.36. The number of benzene rings is 1. The summed E-state index contributed by atoms with van der Waals surface area (Å²) in [6, 6.07) is 7.90. The van der Waals surface area contributed by atoms with Gasteiger partial charge >= 0.3 is 5.97 Å². The second-order valence-electron chi connectivity index (χ2n) is 6.18. The second kappa shape index (κ2) is 5.83.